The first-order chi connectivity index (χ1) is 6.78. The Morgan fingerprint density at radius 1 is 1.57 bits per heavy atom. The van der Waals surface area contributed by atoms with Crippen molar-refractivity contribution in [3.63, 3.8) is 0 Å². The number of aromatic nitrogens is 2. The second kappa shape index (κ2) is 4.13. The lowest BCUT2D eigenvalue weighted by atomic mass is 9.76. The van der Waals surface area contributed by atoms with Crippen molar-refractivity contribution in [1.82, 2.24) is 9.78 Å². The smallest absolute Gasteiger partial charge is 0.0902 e. The van der Waals surface area contributed by atoms with Gasteiger partial charge in [-0.1, -0.05) is 6.92 Å². The van der Waals surface area contributed by atoms with Gasteiger partial charge >= 0.3 is 0 Å². The zero-order valence-corrected chi connectivity index (χ0v) is 8.94. The largest absolute Gasteiger partial charge is 0.378 e. The van der Waals surface area contributed by atoms with Gasteiger partial charge in [-0.3, -0.25) is 4.68 Å². The number of hydrogen-bond acceptors (Lipinski definition) is 2. The lowest BCUT2D eigenvalue weighted by Gasteiger charge is -2.32. The maximum absolute atomic E-state index is 5.03. The van der Waals surface area contributed by atoms with Crippen LogP contribution in [0, 0.1) is 11.8 Å². The lowest BCUT2D eigenvalue weighted by Crippen LogP contribution is -2.25. The van der Waals surface area contributed by atoms with Gasteiger partial charge in [0.15, 0.2) is 0 Å². The first kappa shape index (κ1) is 9.71. The molecule has 1 aromatic rings. The molecule has 0 aromatic carbocycles. The highest BCUT2D eigenvalue weighted by atomic mass is 16.5. The van der Waals surface area contributed by atoms with Gasteiger partial charge in [-0.15, -0.1) is 0 Å². The molecule has 0 spiro atoms. The molecule has 0 bridgehead atoms. The van der Waals surface area contributed by atoms with Gasteiger partial charge < -0.3 is 4.74 Å². The van der Waals surface area contributed by atoms with Gasteiger partial charge in [-0.25, -0.2) is 0 Å². The highest BCUT2D eigenvalue weighted by Crippen LogP contribution is 2.33. The van der Waals surface area contributed by atoms with Crippen molar-refractivity contribution in [1.29, 1.82) is 0 Å². The summed E-state index contributed by atoms with van der Waals surface area (Å²) in [6.45, 7) is 4.01. The Labute approximate surface area is 85.1 Å². The standard InChI is InChI=1S/C11H18N2O/c1-9-5-10(6-9)7-13-4-3-11(12-13)8-14-2/h3-4,9-10H,5-8H2,1-2H3. The van der Waals surface area contributed by atoms with E-state index in [-0.39, 0.29) is 0 Å². The normalized spacial score (nSPS) is 26.1. The monoisotopic (exact) mass is 194 g/mol. The third kappa shape index (κ3) is 2.15. The van der Waals surface area contributed by atoms with Crippen LogP contribution in [0.15, 0.2) is 12.3 Å². The molecule has 3 heteroatoms. The summed E-state index contributed by atoms with van der Waals surface area (Å²) in [7, 11) is 1.70. The Hall–Kier alpha value is -0.830. The van der Waals surface area contributed by atoms with Gasteiger partial charge in [-0.05, 0) is 30.7 Å². The van der Waals surface area contributed by atoms with Crippen LogP contribution in [-0.2, 0) is 17.9 Å². The molecule has 0 radical (unpaired) electrons. The van der Waals surface area contributed by atoms with Gasteiger partial charge in [0.1, 0.15) is 0 Å². The van der Waals surface area contributed by atoms with E-state index in [4.69, 9.17) is 4.74 Å². The number of rotatable bonds is 4. The fraction of sp³-hybridized carbons (Fsp3) is 0.727. The third-order valence-corrected chi connectivity index (χ3v) is 2.90. The van der Waals surface area contributed by atoms with Crippen molar-refractivity contribution >= 4 is 0 Å². The molecule has 14 heavy (non-hydrogen) atoms. The number of nitrogens with zero attached hydrogens (tertiary/aromatic N) is 2. The fourth-order valence-corrected chi connectivity index (χ4v) is 2.21. The van der Waals surface area contributed by atoms with Crippen LogP contribution in [0.1, 0.15) is 25.5 Å². The second-order valence-electron chi connectivity index (χ2n) is 4.40. The van der Waals surface area contributed by atoms with Crippen molar-refractivity contribution < 1.29 is 4.74 Å². The summed E-state index contributed by atoms with van der Waals surface area (Å²) in [5.74, 6) is 1.77. The van der Waals surface area contributed by atoms with Crippen molar-refractivity contribution in [2.24, 2.45) is 11.8 Å². The first-order valence-electron chi connectivity index (χ1n) is 5.29. The molecule has 3 nitrogen and oxygen atoms in total. The van der Waals surface area contributed by atoms with Crippen LogP contribution < -0.4 is 0 Å². The van der Waals surface area contributed by atoms with E-state index in [9.17, 15) is 0 Å². The Balaban J connectivity index is 1.84. The van der Waals surface area contributed by atoms with E-state index >= 15 is 0 Å². The van der Waals surface area contributed by atoms with E-state index in [2.05, 4.69) is 18.2 Å². The second-order valence-corrected chi connectivity index (χ2v) is 4.40. The number of methoxy groups -OCH3 is 1. The minimum absolute atomic E-state index is 0.619. The van der Waals surface area contributed by atoms with Gasteiger partial charge in [-0.2, -0.15) is 5.10 Å². The van der Waals surface area contributed by atoms with Gasteiger partial charge in [0.2, 0.25) is 0 Å². The van der Waals surface area contributed by atoms with Crippen LogP contribution in [0.2, 0.25) is 0 Å². The molecule has 1 aliphatic rings. The summed E-state index contributed by atoms with van der Waals surface area (Å²) >= 11 is 0. The summed E-state index contributed by atoms with van der Waals surface area (Å²) in [6.07, 6.45) is 4.77. The van der Waals surface area contributed by atoms with Crippen LogP contribution in [0.5, 0.6) is 0 Å². The van der Waals surface area contributed by atoms with Crippen LogP contribution >= 0.6 is 0 Å². The summed E-state index contributed by atoms with van der Waals surface area (Å²) < 4.78 is 7.07. The third-order valence-electron chi connectivity index (χ3n) is 2.90. The molecule has 0 unspecified atom stereocenters. The molecule has 1 fully saturated rings. The summed E-state index contributed by atoms with van der Waals surface area (Å²) in [5, 5.41) is 4.44. The van der Waals surface area contributed by atoms with E-state index in [1.165, 1.54) is 12.8 Å². The highest BCUT2D eigenvalue weighted by Gasteiger charge is 2.25. The van der Waals surface area contributed by atoms with E-state index in [1.807, 2.05) is 10.7 Å². The maximum atomic E-state index is 5.03. The van der Waals surface area contributed by atoms with E-state index in [0.717, 1.165) is 24.1 Å². The molecule has 0 N–H and O–H groups in total. The van der Waals surface area contributed by atoms with E-state index in [0.29, 0.717) is 6.61 Å². The average Bonchev–Trinajstić information content (AvgIpc) is 2.51. The highest BCUT2D eigenvalue weighted by molar-refractivity contribution is 4.97. The van der Waals surface area contributed by atoms with Crippen LogP contribution in [0.25, 0.3) is 0 Å². The Bertz CT molecular complexity index is 289. The van der Waals surface area contributed by atoms with E-state index < -0.39 is 0 Å². The zero-order chi connectivity index (χ0) is 9.97. The first-order valence-corrected chi connectivity index (χ1v) is 5.29. The molecule has 1 aliphatic carbocycles. The molecule has 0 saturated heterocycles. The Morgan fingerprint density at radius 3 is 3.00 bits per heavy atom. The molecule has 2 rings (SSSR count). The summed E-state index contributed by atoms with van der Waals surface area (Å²) in [5.41, 5.74) is 1.03. The minimum atomic E-state index is 0.619. The Kier molecular flexibility index (Phi) is 2.87. The predicted molar refractivity (Wildman–Crippen MR) is 54.8 cm³/mol. The van der Waals surface area contributed by atoms with Crippen LogP contribution in [0.4, 0.5) is 0 Å². The molecular formula is C11H18N2O. The molecule has 0 aliphatic heterocycles. The van der Waals surface area contributed by atoms with Gasteiger partial charge in [0, 0.05) is 19.9 Å². The molecule has 78 valence electrons. The molecule has 1 saturated carbocycles. The number of hydrogen-bond donors (Lipinski definition) is 0. The SMILES string of the molecule is COCc1ccn(CC2CC(C)C2)n1. The molecule has 0 amide bonds. The lowest BCUT2D eigenvalue weighted by molar-refractivity contribution is 0.172. The number of ether oxygens (including phenoxy) is 1. The predicted octanol–water partition coefficient (Wildman–Crippen LogP) is 2.08. The zero-order valence-electron chi connectivity index (χ0n) is 8.94. The quantitative estimate of drug-likeness (QED) is 0.733. The van der Waals surface area contributed by atoms with Crippen molar-refractivity contribution in [3.8, 4) is 0 Å². The van der Waals surface area contributed by atoms with Gasteiger partial charge in [0.25, 0.3) is 0 Å². The topological polar surface area (TPSA) is 27.1 Å². The summed E-state index contributed by atoms with van der Waals surface area (Å²) in [4.78, 5) is 0. The van der Waals surface area contributed by atoms with Gasteiger partial charge in [0.05, 0.1) is 12.3 Å². The molecule has 0 atom stereocenters. The van der Waals surface area contributed by atoms with Crippen molar-refractivity contribution in [3.05, 3.63) is 18.0 Å². The minimum Gasteiger partial charge on any atom is -0.378 e. The Morgan fingerprint density at radius 2 is 2.36 bits per heavy atom. The van der Waals surface area contributed by atoms with E-state index in [1.54, 1.807) is 7.11 Å². The fourth-order valence-electron chi connectivity index (χ4n) is 2.21. The van der Waals surface area contributed by atoms with Crippen LogP contribution in [0.3, 0.4) is 0 Å². The summed E-state index contributed by atoms with van der Waals surface area (Å²) in [6, 6.07) is 2.03. The molecule has 1 aromatic heterocycles. The maximum Gasteiger partial charge on any atom is 0.0902 e. The molecular weight excluding hydrogens is 176 g/mol. The average molecular weight is 194 g/mol. The van der Waals surface area contributed by atoms with Crippen LogP contribution in [-0.4, -0.2) is 16.9 Å². The van der Waals surface area contributed by atoms with Crippen molar-refractivity contribution in [2.75, 3.05) is 7.11 Å². The molecule has 1 heterocycles. The van der Waals surface area contributed by atoms with Crippen molar-refractivity contribution in [2.45, 2.75) is 32.9 Å².